The molecule has 1 unspecified atom stereocenters. The van der Waals surface area contributed by atoms with Gasteiger partial charge in [-0.2, -0.15) is 0 Å². The molecule has 1 fully saturated rings. The Balaban J connectivity index is 1.52. The summed E-state index contributed by atoms with van der Waals surface area (Å²) in [5, 5.41) is 3.86. The summed E-state index contributed by atoms with van der Waals surface area (Å²) in [5.74, 6) is -0.249. The van der Waals surface area contributed by atoms with Gasteiger partial charge in [-0.3, -0.25) is 9.59 Å². The summed E-state index contributed by atoms with van der Waals surface area (Å²) in [6.45, 7) is 1.22. The Kier molecular flexibility index (Phi) is 5.16. The Hall–Kier alpha value is -1.92. The summed E-state index contributed by atoms with van der Waals surface area (Å²) in [6.07, 6.45) is 5.77. The molecule has 0 saturated carbocycles. The number of aromatic nitrogens is 2. The van der Waals surface area contributed by atoms with E-state index in [9.17, 15) is 9.59 Å². The molecule has 0 aliphatic carbocycles. The molecule has 8 heteroatoms. The van der Waals surface area contributed by atoms with Crippen LogP contribution in [0.4, 0.5) is 0 Å². The van der Waals surface area contributed by atoms with Crippen LogP contribution >= 0.6 is 23.2 Å². The molecule has 3 heterocycles. The second-order valence-electron chi connectivity index (χ2n) is 5.80. The number of H-pyrrole nitrogens is 2. The quantitative estimate of drug-likeness (QED) is 0.757. The fraction of sp³-hybridized carbons (Fsp3) is 0.375. The zero-order chi connectivity index (χ0) is 17.1. The van der Waals surface area contributed by atoms with Crippen molar-refractivity contribution in [1.29, 1.82) is 0 Å². The number of nitrogens with one attached hydrogen (secondary N) is 3. The Morgan fingerprint density at radius 1 is 1.17 bits per heavy atom. The first-order valence-electron chi connectivity index (χ1n) is 7.81. The first kappa shape index (κ1) is 16.9. The number of likely N-dealkylation sites (tertiary alicyclic amines) is 1. The van der Waals surface area contributed by atoms with Crippen LogP contribution in [0.15, 0.2) is 24.5 Å². The van der Waals surface area contributed by atoms with Gasteiger partial charge in [0.15, 0.2) is 0 Å². The molecule has 128 valence electrons. The molecule has 2 aromatic heterocycles. The second-order valence-corrected chi connectivity index (χ2v) is 6.68. The Labute approximate surface area is 149 Å². The van der Waals surface area contributed by atoms with E-state index in [1.54, 1.807) is 24.5 Å². The van der Waals surface area contributed by atoms with Gasteiger partial charge >= 0.3 is 0 Å². The highest BCUT2D eigenvalue weighted by atomic mass is 35.5. The summed E-state index contributed by atoms with van der Waals surface area (Å²) in [4.78, 5) is 32.0. The third-order valence-corrected chi connectivity index (χ3v) is 4.61. The van der Waals surface area contributed by atoms with Gasteiger partial charge in [-0.05, 0) is 31.4 Å². The van der Waals surface area contributed by atoms with Crippen molar-refractivity contribution in [2.45, 2.75) is 25.3 Å². The highest BCUT2D eigenvalue weighted by Crippen LogP contribution is 2.23. The van der Waals surface area contributed by atoms with Crippen LogP contribution in [0.5, 0.6) is 0 Å². The molecule has 1 atom stereocenters. The highest BCUT2D eigenvalue weighted by molar-refractivity contribution is 6.31. The minimum absolute atomic E-state index is 0.0492. The second kappa shape index (κ2) is 7.32. The molecule has 0 aromatic carbocycles. The third kappa shape index (κ3) is 3.76. The predicted octanol–water partition coefficient (Wildman–Crippen LogP) is 3.07. The van der Waals surface area contributed by atoms with E-state index < -0.39 is 0 Å². The van der Waals surface area contributed by atoms with E-state index in [-0.39, 0.29) is 17.9 Å². The first-order valence-corrected chi connectivity index (χ1v) is 8.57. The molecule has 0 radical (unpaired) electrons. The SMILES string of the molecule is O=C(NCCC1CCCN1C(=O)c1cc(Cl)c[nH]1)c1cc(Cl)c[nH]1. The Morgan fingerprint density at radius 3 is 2.46 bits per heavy atom. The monoisotopic (exact) mass is 368 g/mol. The molecule has 2 aromatic rings. The predicted molar refractivity (Wildman–Crippen MR) is 92.6 cm³/mol. The average Bonchev–Trinajstić information content (AvgIpc) is 3.27. The van der Waals surface area contributed by atoms with Gasteiger partial charge in [0.05, 0.1) is 10.0 Å². The van der Waals surface area contributed by atoms with Crippen LogP contribution < -0.4 is 5.32 Å². The first-order chi connectivity index (χ1) is 11.5. The average molecular weight is 369 g/mol. The maximum Gasteiger partial charge on any atom is 0.270 e. The van der Waals surface area contributed by atoms with Crippen molar-refractivity contribution in [1.82, 2.24) is 20.2 Å². The highest BCUT2D eigenvalue weighted by Gasteiger charge is 2.29. The molecule has 1 aliphatic rings. The van der Waals surface area contributed by atoms with Crippen molar-refractivity contribution >= 4 is 35.0 Å². The fourth-order valence-electron chi connectivity index (χ4n) is 3.00. The Bertz CT molecular complexity index is 740. The lowest BCUT2D eigenvalue weighted by Gasteiger charge is -2.24. The number of amides is 2. The van der Waals surface area contributed by atoms with Crippen molar-refractivity contribution in [3.63, 3.8) is 0 Å². The smallest absolute Gasteiger partial charge is 0.270 e. The van der Waals surface area contributed by atoms with E-state index in [0.29, 0.717) is 34.4 Å². The topological polar surface area (TPSA) is 81.0 Å². The van der Waals surface area contributed by atoms with Crippen molar-refractivity contribution in [2.75, 3.05) is 13.1 Å². The van der Waals surface area contributed by atoms with Crippen molar-refractivity contribution in [3.8, 4) is 0 Å². The van der Waals surface area contributed by atoms with Crippen molar-refractivity contribution in [2.24, 2.45) is 0 Å². The standard InChI is InChI=1S/C16H18Cl2N4O2/c17-10-6-13(20-8-10)15(23)19-4-3-12-2-1-5-22(12)16(24)14-7-11(18)9-21-14/h6-9,12,20-21H,1-5H2,(H,19,23). The van der Waals surface area contributed by atoms with Gasteiger partial charge in [-0.25, -0.2) is 0 Å². The van der Waals surface area contributed by atoms with Crippen LogP contribution in [0, 0.1) is 0 Å². The van der Waals surface area contributed by atoms with Crippen LogP contribution in [-0.2, 0) is 0 Å². The largest absolute Gasteiger partial charge is 0.356 e. The van der Waals surface area contributed by atoms with Crippen molar-refractivity contribution in [3.05, 3.63) is 46.0 Å². The molecule has 3 rings (SSSR count). The zero-order valence-corrected chi connectivity index (χ0v) is 14.5. The molecule has 6 nitrogen and oxygen atoms in total. The van der Waals surface area contributed by atoms with E-state index in [2.05, 4.69) is 15.3 Å². The fourth-order valence-corrected chi connectivity index (χ4v) is 3.32. The number of nitrogens with zero attached hydrogens (tertiary/aromatic N) is 1. The van der Waals surface area contributed by atoms with E-state index in [1.165, 1.54) is 0 Å². The molecule has 1 aliphatic heterocycles. The molecule has 0 spiro atoms. The summed E-state index contributed by atoms with van der Waals surface area (Å²) < 4.78 is 0. The lowest BCUT2D eigenvalue weighted by atomic mass is 10.1. The van der Waals surface area contributed by atoms with E-state index in [4.69, 9.17) is 23.2 Å². The summed E-state index contributed by atoms with van der Waals surface area (Å²) in [7, 11) is 0. The van der Waals surface area contributed by atoms with E-state index >= 15 is 0 Å². The lowest BCUT2D eigenvalue weighted by Crippen LogP contribution is -2.38. The van der Waals surface area contributed by atoms with E-state index in [0.717, 1.165) is 19.4 Å². The molecular weight excluding hydrogens is 351 g/mol. The van der Waals surface area contributed by atoms with Crippen LogP contribution in [0.3, 0.4) is 0 Å². The lowest BCUT2D eigenvalue weighted by molar-refractivity contribution is 0.0725. The van der Waals surface area contributed by atoms with Gasteiger partial charge in [0.2, 0.25) is 0 Å². The van der Waals surface area contributed by atoms with Crippen LogP contribution in [0.1, 0.15) is 40.2 Å². The van der Waals surface area contributed by atoms with Crippen LogP contribution in [0.25, 0.3) is 0 Å². The molecule has 24 heavy (non-hydrogen) atoms. The third-order valence-electron chi connectivity index (χ3n) is 4.17. The number of halogens is 2. The minimum Gasteiger partial charge on any atom is -0.356 e. The van der Waals surface area contributed by atoms with Crippen LogP contribution in [-0.4, -0.2) is 45.8 Å². The normalized spacial score (nSPS) is 17.2. The molecule has 2 amide bonds. The zero-order valence-electron chi connectivity index (χ0n) is 12.9. The molecular formula is C16H18Cl2N4O2. The maximum absolute atomic E-state index is 12.5. The van der Waals surface area contributed by atoms with Gasteiger partial charge in [-0.15, -0.1) is 0 Å². The minimum atomic E-state index is -0.200. The van der Waals surface area contributed by atoms with E-state index in [1.807, 2.05) is 4.90 Å². The molecule has 3 N–H and O–H groups in total. The molecule has 1 saturated heterocycles. The summed E-state index contributed by atoms with van der Waals surface area (Å²) >= 11 is 11.7. The van der Waals surface area contributed by atoms with Gasteiger partial charge < -0.3 is 20.2 Å². The van der Waals surface area contributed by atoms with Gasteiger partial charge in [0.1, 0.15) is 11.4 Å². The number of aromatic amines is 2. The number of rotatable bonds is 5. The Morgan fingerprint density at radius 2 is 1.83 bits per heavy atom. The number of hydrogen-bond acceptors (Lipinski definition) is 2. The van der Waals surface area contributed by atoms with Crippen molar-refractivity contribution < 1.29 is 9.59 Å². The van der Waals surface area contributed by atoms with Gasteiger partial charge in [0.25, 0.3) is 11.8 Å². The summed E-state index contributed by atoms with van der Waals surface area (Å²) in [6, 6.07) is 3.33. The number of carbonyl (C=O) groups excluding carboxylic acids is 2. The van der Waals surface area contributed by atoms with Gasteiger partial charge in [0, 0.05) is 31.5 Å². The number of hydrogen-bond donors (Lipinski definition) is 3. The summed E-state index contributed by atoms with van der Waals surface area (Å²) in [5.41, 5.74) is 0.928. The number of carbonyl (C=O) groups is 2. The van der Waals surface area contributed by atoms with Crippen LogP contribution in [0.2, 0.25) is 10.0 Å². The molecule has 0 bridgehead atoms. The maximum atomic E-state index is 12.5. The van der Waals surface area contributed by atoms with Gasteiger partial charge in [-0.1, -0.05) is 23.2 Å².